The van der Waals surface area contributed by atoms with Crippen molar-refractivity contribution in [3.8, 4) is 0 Å². The Morgan fingerprint density at radius 3 is 2.15 bits per heavy atom. The molecule has 0 aromatic heterocycles. The number of anilines is 1. The molecule has 3 aromatic carbocycles. The van der Waals surface area contributed by atoms with E-state index in [4.69, 9.17) is 23.2 Å². The second-order valence-corrected chi connectivity index (χ2v) is 12.9. The highest BCUT2D eigenvalue weighted by molar-refractivity contribution is 7.92. The summed E-state index contributed by atoms with van der Waals surface area (Å²) < 4.78 is 26.7. The minimum atomic E-state index is -3.95. The molecule has 3 aromatic rings. The first-order chi connectivity index (χ1) is 18.9. The van der Waals surface area contributed by atoms with Crippen LogP contribution in [0.4, 0.5) is 5.69 Å². The number of rotatable bonds is 12. The summed E-state index contributed by atoms with van der Waals surface area (Å²) in [4.78, 5) is 29.1. The Morgan fingerprint density at radius 1 is 0.900 bits per heavy atom. The number of carbonyl (C=O) groups excluding carboxylic acids is 2. The molecule has 0 saturated carbocycles. The van der Waals surface area contributed by atoms with Gasteiger partial charge < -0.3 is 10.2 Å². The molecule has 0 bridgehead atoms. The van der Waals surface area contributed by atoms with E-state index < -0.39 is 28.5 Å². The molecule has 0 radical (unpaired) electrons. The number of benzene rings is 3. The van der Waals surface area contributed by atoms with Crippen molar-refractivity contribution in [1.29, 1.82) is 0 Å². The third-order valence-corrected chi connectivity index (χ3v) is 8.24. The van der Waals surface area contributed by atoms with Gasteiger partial charge in [-0.1, -0.05) is 103 Å². The van der Waals surface area contributed by atoms with Crippen LogP contribution in [-0.2, 0) is 32.6 Å². The molecule has 1 N–H and O–H groups in total. The molecule has 0 unspecified atom stereocenters. The van der Waals surface area contributed by atoms with E-state index in [1.165, 1.54) is 17.0 Å². The zero-order valence-electron chi connectivity index (χ0n) is 23.1. The van der Waals surface area contributed by atoms with E-state index in [1.54, 1.807) is 6.07 Å². The van der Waals surface area contributed by atoms with Gasteiger partial charge in [0.15, 0.2) is 0 Å². The van der Waals surface area contributed by atoms with Crippen molar-refractivity contribution in [3.05, 3.63) is 99.5 Å². The van der Waals surface area contributed by atoms with Crippen molar-refractivity contribution in [2.75, 3.05) is 23.7 Å². The van der Waals surface area contributed by atoms with Gasteiger partial charge in [-0.3, -0.25) is 13.9 Å². The first-order valence-electron chi connectivity index (χ1n) is 12.9. The first kappa shape index (κ1) is 31.5. The fourth-order valence-corrected chi connectivity index (χ4v) is 5.45. The number of amides is 2. The Morgan fingerprint density at radius 2 is 1.55 bits per heavy atom. The van der Waals surface area contributed by atoms with Gasteiger partial charge in [-0.15, -0.1) is 0 Å². The van der Waals surface area contributed by atoms with E-state index in [0.717, 1.165) is 27.3 Å². The predicted octanol–water partition coefficient (Wildman–Crippen LogP) is 5.48. The summed E-state index contributed by atoms with van der Waals surface area (Å²) in [5.74, 6) is -0.666. The van der Waals surface area contributed by atoms with Gasteiger partial charge in [0.2, 0.25) is 21.8 Å². The van der Waals surface area contributed by atoms with E-state index in [9.17, 15) is 18.0 Å². The maximum Gasteiger partial charge on any atom is 0.244 e. The number of halogens is 2. The lowest BCUT2D eigenvalue weighted by Gasteiger charge is -2.34. The third kappa shape index (κ3) is 8.71. The van der Waals surface area contributed by atoms with Gasteiger partial charge >= 0.3 is 0 Å². The van der Waals surface area contributed by atoms with Crippen LogP contribution in [0.25, 0.3) is 0 Å². The molecule has 0 aliphatic rings. The van der Waals surface area contributed by atoms with Gasteiger partial charge in [-0.05, 0) is 36.1 Å². The Kier molecular flexibility index (Phi) is 11.0. The zero-order valence-corrected chi connectivity index (χ0v) is 25.4. The number of carbonyl (C=O) groups is 2. The molecule has 10 heteroatoms. The highest BCUT2D eigenvalue weighted by atomic mass is 35.5. The summed E-state index contributed by atoms with van der Waals surface area (Å²) in [5.41, 5.74) is 2.81. The van der Waals surface area contributed by atoms with Gasteiger partial charge in [-0.2, -0.15) is 0 Å². The molecule has 0 aliphatic carbocycles. The Balaban J connectivity index is 2.07. The number of sulfonamides is 1. The summed E-state index contributed by atoms with van der Waals surface area (Å²) in [7, 11) is -3.95. The van der Waals surface area contributed by atoms with Gasteiger partial charge in [-0.25, -0.2) is 8.42 Å². The number of hydrogen-bond acceptors (Lipinski definition) is 4. The summed E-state index contributed by atoms with van der Waals surface area (Å²) in [6.07, 6.45) is 1.25. The highest BCUT2D eigenvalue weighted by Gasteiger charge is 2.33. The summed E-state index contributed by atoms with van der Waals surface area (Å²) in [6, 6.07) is 20.7. The van der Waals surface area contributed by atoms with Crippen molar-refractivity contribution >= 4 is 50.7 Å². The standard InChI is InChI=1S/C30H35Cl2N3O4S/c1-21(2)18-33-30(37)27(17-23-9-6-5-7-10-23)34(19-24-15-13-22(3)14-16-24)28(36)20-35(40(4,38)39)26-12-8-11-25(31)29(26)32/h5-16,21,27H,17-20H2,1-4H3,(H,33,37)/t27-/m0/s1. The lowest BCUT2D eigenvalue weighted by Crippen LogP contribution is -2.53. The fourth-order valence-electron chi connectivity index (χ4n) is 4.15. The van der Waals surface area contributed by atoms with Gasteiger partial charge in [0, 0.05) is 19.5 Å². The largest absolute Gasteiger partial charge is 0.354 e. The monoisotopic (exact) mass is 603 g/mol. The molecule has 0 saturated heterocycles. The van der Waals surface area contributed by atoms with Crippen molar-refractivity contribution in [2.24, 2.45) is 5.92 Å². The average Bonchev–Trinajstić information content (AvgIpc) is 2.90. The van der Waals surface area contributed by atoms with Crippen LogP contribution in [-0.4, -0.2) is 50.5 Å². The van der Waals surface area contributed by atoms with Crippen LogP contribution < -0.4 is 9.62 Å². The van der Waals surface area contributed by atoms with E-state index >= 15 is 0 Å². The quantitative estimate of drug-likeness (QED) is 0.297. The van der Waals surface area contributed by atoms with Crippen LogP contribution in [0.3, 0.4) is 0 Å². The Hall–Kier alpha value is -3.07. The number of nitrogens with zero attached hydrogens (tertiary/aromatic N) is 2. The number of hydrogen-bond donors (Lipinski definition) is 1. The van der Waals surface area contributed by atoms with Crippen LogP contribution in [0.5, 0.6) is 0 Å². The molecule has 0 heterocycles. The van der Waals surface area contributed by atoms with Gasteiger partial charge in [0.25, 0.3) is 0 Å². The zero-order chi connectivity index (χ0) is 29.4. The first-order valence-corrected chi connectivity index (χ1v) is 15.6. The van der Waals surface area contributed by atoms with Crippen LogP contribution >= 0.6 is 23.2 Å². The second-order valence-electron chi connectivity index (χ2n) is 10.2. The molecule has 1 atom stereocenters. The minimum Gasteiger partial charge on any atom is -0.354 e. The summed E-state index contributed by atoms with van der Waals surface area (Å²) in [5, 5.41) is 3.14. The lowest BCUT2D eigenvalue weighted by molar-refractivity contribution is -0.140. The number of aryl methyl sites for hydroxylation is 1. The molecular weight excluding hydrogens is 569 g/mol. The Labute approximate surface area is 247 Å². The highest BCUT2D eigenvalue weighted by Crippen LogP contribution is 2.33. The van der Waals surface area contributed by atoms with Gasteiger partial charge in [0.05, 0.1) is 22.0 Å². The van der Waals surface area contributed by atoms with E-state index in [-0.39, 0.29) is 40.5 Å². The Bertz CT molecular complexity index is 1410. The van der Waals surface area contributed by atoms with E-state index in [0.29, 0.717) is 6.54 Å². The normalized spacial score (nSPS) is 12.2. The third-order valence-electron chi connectivity index (χ3n) is 6.31. The van der Waals surface area contributed by atoms with E-state index in [2.05, 4.69) is 5.32 Å². The molecule has 0 aliphatic heterocycles. The van der Waals surface area contributed by atoms with Crippen LogP contribution in [0.1, 0.15) is 30.5 Å². The molecule has 0 fully saturated rings. The molecule has 7 nitrogen and oxygen atoms in total. The second kappa shape index (κ2) is 14.0. The molecule has 3 rings (SSSR count). The average molecular weight is 605 g/mol. The number of nitrogens with one attached hydrogen (secondary N) is 1. The predicted molar refractivity (Wildman–Crippen MR) is 162 cm³/mol. The maximum atomic E-state index is 14.1. The summed E-state index contributed by atoms with van der Waals surface area (Å²) in [6.45, 7) is 5.91. The minimum absolute atomic E-state index is 0.0167. The van der Waals surface area contributed by atoms with Crippen molar-refractivity contribution in [2.45, 2.75) is 39.8 Å². The van der Waals surface area contributed by atoms with Crippen molar-refractivity contribution in [1.82, 2.24) is 10.2 Å². The molecular formula is C30H35Cl2N3O4S. The van der Waals surface area contributed by atoms with Crippen LogP contribution in [0, 0.1) is 12.8 Å². The van der Waals surface area contributed by atoms with Crippen molar-refractivity contribution < 1.29 is 18.0 Å². The van der Waals surface area contributed by atoms with Gasteiger partial charge in [0.1, 0.15) is 12.6 Å². The topological polar surface area (TPSA) is 86.8 Å². The van der Waals surface area contributed by atoms with Crippen LogP contribution in [0.15, 0.2) is 72.8 Å². The lowest BCUT2D eigenvalue weighted by atomic mass is 10.0. The van der Waals surface area contributed by atoms with Crippen molar-refractivity contribution in [3.63, 3.8) is 0 Å². The SMILES string of the molecule is Cc1ccc(CN(C(=O)CN(c2cccc(Cl)c2Cl)S(C)(=O)=O)[C@@H](Cc2ccccc2)C(=O)NCC(C)C)cc1. The fraction of sp³-hybridized carbons (Fsp3) is 0.333. The maximum absolute atomic E-state index is 14.1. The molecule has 214 valence electrons. The molecule has 0 spiro atoms. The summed E-state index contributed by atoms with van der Waals surface area (Å²) >= 11 is 12.5. The van der Waals surface area contributed by atoms with E-state index in [1.807, 2.05) is 75.4 Å². The molecule has 2 amide bonds. The van der Waals surface area contributed by atoms with Crippen LogP contribution in [0.2, 0.25) is 10.0 Å². The molecule has 40 heavy (non-hydrogen) atoms. The smallest absolute Gasteiger partial charge is 0.244 e.